The Balaban J connectivity index is 0.00000576. The van der Waals surface area contributed by atoms with Crippen LogP contribution in [-0.4, -0.2) is 77.1 Å². The molecule has 25 heavy (non-hydrogen) atoms. The van der Waals surface area contributed by atoms with E-state index >= 15 is 0 Å². The molecule has 6 nitrogen and oxygen atoms in total. The second-order valence-corrected chi connectivity index (χ2v) is 6.47. The van der Waals surface area contributed by atoms with Gasteiger partial charge in [-0.15, -0.1) is 24.0 Å². The summed E-state index contributed by atoms with van der Waals surface area (Å²) in [5, 5.41) is 6.77. The molecule has 1 unspecified atom stereocenters. The Morgan fingerprint density at radius 1 is 1.08 bits per heavy atom. The normalized spacial score (nSPS) is 18.7. The quantitative estimate of drug-likeness (QED) is 0.199. The van der Waals surface area contributed by atoms with Gasteiger partial charge < -0.3 is 25.0 Å². The zero-order chi connectivity index (χ0) is 17.5. The Morgan fingerprint density at radius 2 is 1.84 bits per heavy atom. The second-order valence-electron chi connectivity index (χ2n) is 6.47. The van der Waals surface area contributed by atoms with Gasteiger partial charge in [-0.05, 0) is 45.6 Å². The minimum absolute atomic E-state index is 0. The number of halogens is 1. The second kappa shape index (κ2) is 17.3. The summed E-state index contributed by atoms with van der Waals surface area (Å²) in [5.41, 5.74) is 0. The molecule has 0 radical (unpaired) electrons. The Kier molecular flexibility index (Phi) is 17.2. The Morgan fingerprint density at radius 3 is 2.52 bits per heavy atom. The fourth-order valence-electron chi connectivity index (χ4n) is 2.98. The highest BCUT2D eigenvalue weighted by Gasteiger charge is 2.16. The minimum atomic E-state index is 0. The van der Waals surface area contributed by atoms with E-state index < -0.39 is 0 Å². The lowest BCUT2D eigenvalue weighted by Crippen LogP contribution is -2.41. The maximum absolute atomic E-state index is 5.45. The van der Waals surface area contributed by atoms with Crippen LogP contribution in [0.1, 0.15) is 45.4 Å². The Labute approximate surface area is 171 Å². The van der Waals surface area contributed by atoms with Gasteiger partial charge >= 0.3 is 0 Å². The molecule has 7 heteroatoms. The summed E-state index contributed by atoms with van der Waals surface area (Å²) in [6.45, 7) is 8.86. The van der Waals surface area contributed by atoms with E-state index in [2.05, 4.69) is 27.4 Å². The Hall–Kier alpha value is -0.120. The van der Waals surface area contributed by atoms with Crippen LogP contribution in [0.5, 0.6) is 0 Å². The van der Waals surface area contributed by atoms with Gasteiger partial charge in [-0.1, -0.05) is 6.42 Å². The lowest BCUT2D eigenvalue weighted by molar-refractivity contribution is 0.0689. The molecule has 0 aromatic heterocycles. The van der Waals surface area contributed by atoms with Gasteiger partial charge in [0, 0.05) is 46.4 Å². The molecule has 1 atom stereocenters. The highest BCUT2D eigenvalue weighted by molar-refractivity contribution is 14.0. The van der Waals surface area contributed by atoms with Crippen molar-refractivity contribution in [1.29, 1.82) is 0 Å². The zero-order valence-corrected chi connectivity index (χ0v) is 18.7. The molecule has 1 rings (SSSR count). The third-order valence-electron chi connectivity index (χ3n) is 4.52. The predicted molar refractivity (Wildman–Crippen MR) is 116 cm³/mol. The largest absolute Gasteiger partial charge is 0.382 e. The summed E-state index contributed by atoms with van der Waals surface area (Å²) in [4.78, 5) is 6.89. The van der Waals surface area contributed by atoms with Crippen LogP contribution in [0.15, 0.2) is 4.99 Å². The molecule has 0 saturated carbocycles. The fraction of sp³-hybridized carbons (Fsp3) is 0.944. The highest BCUT2D eigenvalue weighted by Crippen LogP contribution is 2.15. The van der Waals surface area contributed by atoms with Crippen LogP contribution in [0.3, 0.4) is 0 Å². The van der Waals surface area contributed by atoms with Crippen molar-refractivity contribution in [1.82, 2.24) is 15.5 Å². The number of aliphatic imine (C=N–C) groups is 1. The number of nitrogens with one attached hydrogen (secondary N) is 2. The molecule has 1 saturated heterocycles. The number of guanidine groups is 1. The zero-order valence-electron chi connectivity index (χ0n) is 16.4. The number of piperidine rings is 1. The summed E-state index contributed by atoms with van der Waals surface area (Å²) in [6, 6.07) is 0.752. The summed E-state index contributed by atoms with van der Waals surface area (Å²) >= 11 is 0. The van der Waals surface area contributed by atoms with E-state index in [1.54, 1.807) is 7.11 Å². The van der Waals surface area contributed by atoms with E-state index in [0.717, 1.165) is 44.5 Å². The molecule has 1 aliphatic rings. The molecule has 1 heterocycles. The van der Waals surface area contributed by atoms with E-state index in [9.17, 15) is 0 Å². The van der Waals surface area contributed by atoms with Crippen molar-refractivity contribution in [2.45, 2.75) is 51.5 Å². The predicted octanol–water partition coefficient (Wildman–Crippen LogP) is 2.48. The number of nitrogens with zero attached hydrogens (tertiary/aromatic N) is 2. The molecule has 0 spiro atoms. The highest BCUT2D eigenvalue weighted by atomic mass is 127. The van der Waals surface area contributed by atoms with Crippen LogP contribution >= 0.6 is 24.0 Å². The van der Waals surface area contributed by atoms with Gasteiger partial charge in [0.2, 0.25) is 0 Å². The SMILES string of the molecule is CN=C(NCCCCOCCOC)NCCCN1CCCCC1C.I. The van der Waals surface area contributed by atoms with Gasteiger partial charge in [0.1, 0.15) is 0 Å². The number of rotatable bonds is 12. The molecule has 150 valence electrons. The number of likely N-dealkylation sites (tertiary alicyclic amines) is 1. The van der Waals surface area contributed by atoms with Crippen LogP contribution in [0.4, 0.5) is 0 Å². The van der Waals surface area contributed by atoms with Crippen LogP contribution in [-0.2, 0) is 9.47 Å². The van der Waals surface area contributed by atoms with Gasteiger partial charge in [-0.2, -0.15) is 0 Å². The standard InChI is InChI=1S/C18H38N4O2.HI/c1-17-9-4-6-12-22(17)13-8-11-21-18(19-2)20-10-5-7-14-24-16-15-23-3;/h17H,4-16H2,1-3H3,(H2,19,20,21);1H. The lowest BCUT2D eigenvalue weighted by atomic mass is 10.0. The monoisotopic (exact) mass is 470 g/mol. The average Bonchev–Trinajstić information content (AvgIpc) is 2.60. The molecule has 1 fully saturated rings. The topological polar surface area (TPSA) is 58.1 Å². The first-order valence-electron chi connectivity index (χ1n) is 9.53. The van der Waals surface area contributed by atoms with E-state index in [4.69, 9.17) is 9.47 Å². The van der Waals surface area contributed by atoms with E-state index in [0.29, 0.717) is 13.2 Å². The molecule has 1 aliphatic heterocycles. The van der Waals surface area contributed by atoms with Gasteiger partial charge in [0.05, 0.1) is 13.2 Å². The summed E-state index contributed by atoms with van der Waals surface area (Å²) in [7, 11) is 3.52. The molecule has 0 aromatic carbocycles. The minimum Gasteiger partial charge on any atom is -0.382 e. The van der Waals surface area contributed by atoms with Crippen molar-refractivity contribution < 1.29 is 9.47 Å². The number of methoxy groups -OCH3 is 1. The van der Waals surface area contributed by atoms with Crippen molar-refractivity contribution in [3.8, 4) is 0 Å². The summed E-state index contributed by atoms with van der Waals surface area (Å²) in [6.07, 6.45) is 7.41. The summed E-state index contributed by atoms with van der Waals surface area (Å²) in [5.74, 6) is 0.905. The molecule has 0 aliphatic carbocycles. The number of unbranched alkanes of at least 4 members (excludes halogenated alkanes) is 1. The van der Waals surface area contributed by atoms with E-state index in [1.165, 1.54) is 38.8 Å². The lowest BCUT2D eigenvalue weighted by Gasteiger charge is -2.33. The van der Waals surface area contributed by atoms with Crippen LogP contribution in [0, 0.1) is 0 Å². The summed E-state index contributed by atoms with van der Waals surface area (Å²) < 4.78 is 10.4. The third kappa shape index (κ3) is 12.8. The van der Waals surface area contributed by atoms with Crippen molar-refractivity contribution in [3.63, 3.8) is 0 Å². The maximum atomic E-state index is 5.45. The smallest absolute Gasteiger partial charge is 0.190 e. The molecule has 0 aromatic rings. The number of hydrogen-bond acceptors (Lipinski definition) is 4. The molecule has 0 bridgehead atoms. The third-order valence-corrected chi connectivity index (χ3v) is 4.52. The van der Waals surface area contributed by atoms with Gasteiger partial charge in [-0.3, -0.25) is 4.99 Å². The van der Waals surface area contributed by atoms with E-state index in [1.807, 2.05) is 7.05 Å². The van der Waals surface area contributed by atoms with Gasteiger partial charge in [-0.25, -0.2) is 0 Å². The van der Waals surface area contributed by atoms with Crippen LogP contribution in [0.2, 0.25) is 0 Å². The van der Waals surface area contributed by atoms with E-state index in [-0.39, 0.29) is 24.0 Å². The van der Waals surface area contributed by atoms with Crippen molar-refractivity contribution in [3.05, 3.63) is 0 Å². The number of ether oxygens (including phenoxy) is 2. The van der Waals surface area contributed by atoms with Gasteiger partial charge in [0.25, 0.3) is 0 Å². The average molecular weight is 470 g/mol. The molecular formula is C18H39IN4O2. The van der Waals surface area contributed by atoms with Crippen molar-refractivity contribution in [2.75, 3.05) is 60.2 Å². The van der Waals surface area contributed by atoms with Gasteiger partial charge in [0.15, 0.2) is 5.96 Å². The molecule has 2 N–H and O–H groups in total. The first kappa shape index (κ1) is 24.9. The molecule has 0 amide bonds. The first-order chi connectivity index (χ1) is 11.8. The van der Waals surface area contributed by atoms with Crippen LogP contribution < -0.4 is 10.6 Å². The first-order valence-corrected chi connectivity index (χ1v) is 9.53. The maximum Gasteiger partial charge on any atom is 0.190 e. The Bertz CT molecular complexity index is 332. The van der Waals surface area contributed by atoms with Crippen molar-refractivity contribution >= 4 is 29.9 Å². The fourth-order valence-corrected chi connectivity index (χ4v) is 2.98. The van der Waals surface area contributed by atoms with Crippen molar-refractivity contribution in [2.24, 2.45) is 4.99 Å². The number of hydrogen-bond donors (Lipinski definition) is 2. The molecular weight excluding hydrogens is 431 g/mol. The van der Waals surface area contributed by atoms with Crippen LogP contribution in [0.25, 0.3) is 0 Å².